The Labute approximate surface area is 258 Å². The van der Waals surface area contributed by atoms with Crippen molar-refractivity contribution in [2.45, 2.75) is 35.9 Å². The topological polar surface area (TPSA) is 170 Å². The standard InChI is InChI=1S/C30H32FN5O8S/c31-21-6-10-24(11-7-21)45(42,43)36-19-22(37)18-26(36)28(38)33-25(29(39)40)17-20-4-8-23(9-5-20)44-30(41)35-15-13-34(14-16-35)27-3-1-2-12-32-27/h1-12,22,25-26,37H,13-19H2,(H,33,38)(H,39,40)/t22?,25-,26-/m0/s1. The molecule has 0 radical (unpaired) electrons. The molecule has 2 aliphatic rings. The average molecular weight is 642 g/mol. The normalized spacial score (nSPS) is 19.6. The number of hydrogen-bond donors (Lipinski definition) is 3. The lowest BCUT2D eigenvalue weighted by molar-refractivity contribution is -0.142. The van der Waals surface area contributed by atoms with Crippen LogP contribution in [0.2, 0.25) is 0 Å². The maximum atomic E-state index is 13.3. The van der Waals surface area contributed by atoms with Gasteiger partial charge in [-0.3, -0.25) is 4.79 Å². The van der Waals surface area contributed by atoms with Gasteiger partial charge in [0.1, 0.15) is 29.5 Å². The summed E-state index contributed by atoms with van der Waals surface area (Å²) < 4.78 is 45.9. The van der Waals surface area contributed by atoms with Gasteiger partial charge in [-0.1, -0.05) is 18.2 Å². The Morgan fingerprint density at radius 3 is 2.31 bits per heavy atom. The number of carbonyl (C=O) groups excluding carboxylic acids is 2. The van der Waals surface area contributed by atoms with E-state index in [1.54, 1.807) is 23.2 Å². The lowest BCUT2D eigenvalue weighted by atomic mass is 10.0. The molecule has 2 fully saturated rings. The summed E-state index contributed by atoms with van der Waals surface area (Å²) in [6.45, 7) is 1.73. The van der Waals surface area contributed by atoms with E-state index in [2.05, 4.69) is 15.2 Å². The Hall–Kier alpha value is -4.60. The average Bonchev–Trinajstić information content (AvgIpc) is 3.45. The number of sulfonamides is 1. The third-order valence-corrected chi connectivity index (χ3v) is 9.54. The van der Waals surface area contributed by atoms with Gasteiger partial charge in [0.15, 0.2) is 0 Å². The van der Waals surface area contributed by atoms with E-state index in [1.165, 1.54) is 12.1 Å². The van der Waals surface area contributed by atoms with Crippen molar-refractivity contribution in [1.82, 2.24) is 19.5 Å². The third kappa shape index (κ3) is 7.56. The second kappa shape index (κ2) is 13.6. The zero-order valence-electron chi connectivity index (χ0n) is 24.0. The van der Waals surface area contributed by atoms with Gasteiger partial charge < -0.3 is 30.1 Å². The summed E-state index contributed by atoms with van der Waals surface area (Å²) in [6, 6.07) is 13.0. The lowest BCUT2D eigenvalue weighted by Gasteiger charge is -2.34. The van der Waals surface area contributed by atoms with Crippen molar-refractivity contribution in [3.63, 3.8) is 0 Å². The Bertz CT molecular complexity index is 1620. The van der Waals surface area contributed by atoms with Crippen LogP contribution in [0.4, 0.5) is 15.0 Å². The molecule has 0 aliphatic carbocycles. The summed E-state index contributed by atoms with van der Waals surface area (Å²) in [6.07, 6.45) is -0.343. The van der Waals surface area contributed by atoms with E-state index < -0.39 is 52.0 Å². The van der Waals surface area contributed by atoms with Crippen LogP contribution in [0.5, 0.6) is 5.75 Å². The van der Waals surface area contributed by atoms with E-state index in [4.69, 9.17) is 4.74 Å². The molecule has 2 saturated heterocycles. The molecule has 238 valence electrons. The molecular formula is C30H32FN5O8S. The van der Waals surface area contributed by atoms with Gasteiger partial charge in [0.2, 0.25) is 15.9 Å². The molecule has 3 aromatic rings. The minimum absolute atomic E-state index is 0.148. The van der Waals surface area contributed by atoms with E-state index in [-0.39, 0.29) is 30.0 Å². The van der Waals surface area contributed by atoms with Gasteiger partial charge in [0.25, 0.3) is 0 Å². The number of ether oxygens (including phenoxy) is 1. The fourth-order valence-electron chi connectivity index (χ4n) is 5.25. The number of aliphatic hydroxyl groups is 1. The van der Waals surface area contributed by atoms with Gasteiger partial charge in [0.05, 0.1) is 11.0 Å². The molecule has 45 heavy (non-hydrogen) atoms. The molecule has 0 saturated carbocycles. The summed E-state index contributed by atoms with van der Waals surface area (Å²) in [7, 11) is -4.29. The molecule has 3 heterocycles. The number of aliphatic carboxylic acids is 1. The minimum atomic E-state index is -4.29. The molecule has 0 spiro atoms. The number of halogens is 1. The van der Waals surface area contributed by atoms with Crippen molar-refractivity contribution in [3.8, 4) is 5.75 Å². The largest absolute Gasteiger partial charge is 0.480 e. The Morgan fingerprint density at radius 1 is 1.00 bits per heavy atom. The van der Waals surface area contributed by atoms with Gasteiger partial charge in [-0.05, 0) is 54.1 Å². The Balaban J connectivity index is 1.17. The van der Waals surface area contributed by atoms with Crippen molar-refractivity contribution in [2.75, 3.05) is 37.6 Å². The summed E-state index contributed by atoms with van der Waals surface area (Å²) >= 11 is 0. The molecule has 2 aromatic carbocycles. The number of anilines is 1. The molecule has 13 nitrogen and oxygen atoms in total. The number of aliphatic hydroxyl groups excluding tert-OH is 1. The highest BCUT2D eigenvalue weighted by molar-refractivity contribution is 7.89. The van der Waals surface area contributed by atoms with E-state index in [9.17, 15) is 37.4 Å². The van der Waals surface area contributed by atoms with Crippen LogP contribution >= 0.6 is 0 Å². The van der Waals surface area contributed by atoms with Gasteiger partial charge in [-0.2, -0.15) is 4.31 Å². The highest BCUT2D eigenvalue weighted by Crippen LogP contribution is 2.27. The van der Waals surface area contributed by atoms with Crippen LogP contribution in [0, 0.1) is 5.82 Å². The van der Waals surface area contributed by atoms with Gasteiger partial charge in [0, 0.05) is 51.8 Å². The number of benzene rings is 2. The molecule has 0 bridgehead atoms. The number of aromatic nitrogens is 1. The third-order valence-electron chi connectivity index (χ3n) is 7.65. The van der Waals surface area contributed by atoms with Crippen LogP contribution in [0.25, 0.3) is 0 Å². The Kier molecular flexibility index (Phi) is 9.60. The second-order valence-electron chi connectivity index (χ2n) is 10.7. The molecule has 2 aliphatic heterocycles. The zero-order chi connectivity index (χ0) is 32.1. The highest BCUT2D eigenvalue weighted by atomic mass is 32.2. The molecule has 15 heteroatoms. The number of carbonyl (C=O) groups is 3. The first-order valence-corrected chi connectivity index (χ1v) is 15.7. The number of amides is 2. The molecular weight excluding hydrogens is 609 g/mol. The summed E-state index contributed by atoms with van der Waals surface area (Å²) in [5.74, 6) is -1.79. The number of β-amino-alcohol motifs (C(OH)–C–C–N with tert-alkyl or cyclic N) is 1. The smallest absolute Gasteiger partial charge is 0.415 e. The number of pyridine rings is 1. The van der Waals surface area contributed by atoms with Gasteiger partial charge >= 0.3 is 12.1 Å². The van der Waals surface area contributed by atoms with Crippen LogP contribution < -0.4 is 15.0 Å². The van der Waals surface area contributed by atoms with Crippen molar-refractivity contribution in [1.29, 1.82) is 0 Å². The van der Waals surface area contributed by atoms with E-state index in [0.29, 0.717) is 31.7 Å². The fourth-order valence-corrected chi connectivity index (χ4v) is 6.89. The van der Waals surface area contributed by atoms with Crippen LogP contribution in [0.1, 0.15) is 12.0 Å². The van der Waals surface area contributed by atoms with Crippen LogP contribution in [-0.2, 0) is 26.0 Å². The van der Waals surface area contributed by atoms with Crippen LogP contribution in [0.15, 0.2) is 77.8 Å². The quantitative estimate of drug-likeness (QED) is 0.311. The molecule has 2 amide bonds. The Morgan fingerprint density at radius 2 is 1.69 bits per heavy atom. The van der Waals surface area contributed by atoms with Crippen molar-refractivity contribution < 1.29 is 42.1 Å². The molecule has 3 N–H and O–H groups in total. The molecule has 1 unspecified atom stereocenters. The number of nitrogens with one attached hydrogen (secondary N) is 1. The number of carboxylic acid groups (broad SMARTS) is 1. The van der Waals surface area contributed by atoms with Crippen molar-refractivity contribution in [3.05, 3.63) is 84.3 Å². The fraction of sp³-hybridized carbons (Fsp3) is 0.333. The maximum Gasteiger partial charge on any atom is 0.415 e. The highest BCUT2D eigenvalue weighted by Gasteiger charge is 2.44. The van der Waals surface area contributed by atoms with E-state index >= 15 is 0 Å². The first kappa shape index (κ1) is 31.8. The molecule has 3 atom stereocenters. The van der Waals surface area contributed by atoms with Crippen LogP contribution in [-0.4, -0.2) is 102 Å². The number of nitrogens with zero attached hydrogens (tertiary/aromatic N) is 4. The van der Waals surface area contributed by atoms with Gasteiger partial charge in [-0.25, -0.2) is 27.4 Å². The van der Waals surface area contributed by atoms with Crippen molar-refractivity contribution in [2.24, 2.45) is 0 Å². The number of rotatable bonds is 9. The summed E-state index contributed by atoms with van der Waals surface area (Å²) in [4.78, 5) is 45.6. The lowest BCUT2D eigenvalue weighted by Crippen LogP contribution is -2.51. The second-order valence-corrected chi connectivity index (χ2v) is 12.6. The monoisotopic (exact) mass is 641 g/mol. The number of hydrogen-bond acceptors (Lipinski definition) is 9. The first-order chi connectivity index (χ1) is 21.5. The summed E-state index contributed by atoms with van der Waals surface area (Å²) in [5.41, 5.74) is 0.508. The SMILES string of the molecule is O=C(O)[C@H](Cc1ccc(OC(=O)N2CCN(c3ccccn3)CC2)cc1)NC(=O)[C@@H]1CC(O)CN1S(=O)(=O)c1ccc(F)cc1. The predicted molar refractivity (Wildman–Crippen MR) is 158 cm³/mol. The van der Waals surface area contributed by atoms with Crippen molar-refractivity contribution >= 4 is 33.8 Å². The van der Waals surface area contributed by atoms with Gasteiger partial charge in [-0.15, -0.1) is 0 Å². The number of carboxylic acids is 1. The first-order valence-electron chi connectivity index (χ1n) is 14.2. The van der Waals surface area contributed by atoms with Crippen LogP contribution in [0.3, 0.4) is 0 Å². The zero-order valence-corrected chi connectivity index (χ0v) is 24.8. The van der Waals surface area contributed by atoms with E-state index in [1.807, 2.05) is 18.2 Å². The molecule has 1 aromatic heterocycles. The maximum absolute atomic E-state index is 13.3. The van der Waals surface area contributed by atoms with E-state index in [0.717, 1.165) is 34.4 Å². The summed E-state index contributed by atoms with van der Waals surface area (Å²) in [5, 5.41) is 22.4. The minimum Gasteiger partial charge on any atom is -0.480 e. The predicted octanol–water partition coefficient (Wildman–Crippen LogP) is 1.48. The molecule has 5 rings (SSSR count). The number of piperazine rings is 1.